The SMILES string of the molecule is CCCNC(Cc1nc2ccccc2s1)c1cnn(C)c1. The first-order valence-electron chi connectivity index (χ1n) is 7.32. The molecule has 0 aliphatic carbocycles. The summed E-state index contributed by atoms with van der Waals surface area (Å²) in [6.45, 7) is 3.19. The van der Waals surface area contributed by atoms with E-state index < -0.39 is 0 Å². The number of rotatable bonds is 6. The molecule has 21 heavy (non-hydrogen) atoms. The fourth-order valence-electron chi connectivity index (χ4n) is 2.43. The highest BCUT2D eigenvalue weighted by molar-refractivity contribution is 7.18. The van der Waals surface area contributed by atoms with Gasteiger partial charge in [-0.1, -0.05) is 19.1 Å². The van der Waals surface area contributed by atoms with E-state index in [1.54, 1.807) is 11.3 Å². The topological polar surface area (TPSA) is 42.7 Å². The van der Waals surface area contributed by atoms with Crippen molar-refractivity contribution in [2.24, 2.45) is 7.05 Å². The summed E-state index contributed by atoms with van der Waals surface area (Å²) in [5.41, 5.74) is 2.32. The molecule has 0 amide bonds. The van der Waals surface area contributed by atoms with Gasteiger partial charge in [0.25, 0.3) is 0 Å². The maximum atomic E-state index is 4.74. The average molecular weight is 300 g/mol. The van der Waals surface area contributed by atoms with E-state index in [1.165, 1.54) is 15.3 Å². The van der Waals surface area contributed by atoms with Crippen LogP contribution in [0.3, 0.4) is 0 Å². The second kappa shape index (κ2) is 6.37. The molecule has 2 aromatic heterocycles. The van der Waals surface area contributed by atoms with E-state index in [4.69, 9.17) is 4.98 Å². The summed E-state index contributed by atoms with van der Waals surface area (Å²) in [4.78, 5) is 4.74. The van der Waals surface area contributed by atoms with E-state index in [-0.39, 0.29) is 6.04 Å². The third kappa shape index (κ3) is 3.31. The van der Waals surface area contributed by atoms with Crippen LogP contribution in [-0.4, -0.2) is 21.3 Å². The van der Waals surface area contributed by atoms with Gasteiger partial charge in [-0.25, -0.2) is 4.98 Å². The molecule has 110 valence electrons. The molecule has 5 heteroatoms. The lowest BCUT2D eigenvalue weighted by Crippen LogP contribution is -2.23. The minimum absolute atomic E-state index is 0.277. The Morgan fingerprint density at radius 3 is 2.90 bits per heavy atom. The first kappa shape index (κ1) is 14.2. The molecule has 0 radical (unpaired) electrons. The van der Waals surface area contributed by atoms with Gasteiger partial charge in [0.15, 0.2) is 0 Å². The Morgan fingerprint density at radius 2 is 2.19 bits per heavy atom. The third-order valence-electron chi connectivity index (χ3n) is 3.48. The standard InChI is InChI=1S/C16H20N4S/c1-3-8-17-14(12-10-18-20(2)11-12)9-16-19-13-6-4-5-7-15(13)21-16/h4-7,10-11,14,17H,3,8-9H2,1-2H3. The van der Waals surface area contributed by atoms with E-state index >= 15 is 0 Å². The Bertz CT molecular complexity index is 683. The molecule has 3 rings (SSSR count). The summed E-state index contributed by atoms with van der Waals surface area (Å²) in [5, 5.41) is 9.07. The Labute approximate surface area is 128 Å². The number of thiazole rings is 1. The van der Waals surface area contributed by atoms with Crippen LogP contribution < -0.4 is 5.32 Å². The normalized spacial score (nSPS) is 12.9. The van der Waals surface area contributed by atoms with Gasteiger partial charge in [0.1, 0.15) is 0 Å². The van der Waals surface area contributed by atoms with Crippen molar-refractivity contribution in [2.75, 3.05) is 6.54 Å². The van der Waals surface area contributed by atoms with Crippen molar-refractivity contribution in [1.82, 2.24) is 20.1 Å². The number of hydrogen-bond donors (Lipinski definition) is 1. The number of benzene rings is 1. The molecule has 4 nitrogen and oxygen atoms in total. The molecular formula is C16H20N4S. The maximum Gasteiger partial charge on any atom is 0.0957 e. The smallest absolute Gasteiger partial charge is 0.0957 e. The molecule has 0 saturated carbocycles. The van der Waals surface area contributed by atoms with Gasteiger partial charge in [-0.2, -0.15) is 5.10 Å². The van der Waals surface area contributed by atoms with Crippen LogP contribution in [0.25, 0.3) is 10.2 Å². The molecule has 1 unspecified atom stereocenters. The van der Waals surface area contributed by atoms with Gasteiger partial charge in [-0.05, 0) is 25.1 Å². The summed E-state index contributed by atoms with van der Waals surface area (Å²) in [5.74, 6) is 0. The Morgan fingerprint density at radius 1 is 1.33 bits per heavy atom. The molecule has 0 aliphatic heterocycles. The molecule has 0 aliphatic rings. The van der Waals surface area contributed by atoms with Crippen LogP contribution in [-0.2, 0) is 13.5 Å². The lowest BCUT2D eigenvalue weighted by Gasteiger charge is -2.15. The molecule has 1 N–H and O–H groups in total. The predicted molar refractivity (Wildman–Crippen MR) is 87.6 cm³/mol. The molecule has 0 bridgehead atoms. The van der Waals surface area contributed by atoms with Gasteiger partial charge in [0.05, 0.1) is 21.4 Å². The zero-order valence-electron chi connectivity index (χ0n) is 12.4. The van der Waals surface area contributed by atoms with Gasteiger partial charge >= 0.3 is 0 Å². The van der Waals surface area contributed by atoms with Crippen molar-refractivity contribution >= 4 is 21.6 Å². The van der Waals surface area contributed by atoms with Crippen molar-refractivity contribution in [3.05, 3.63) is 47.2 Å². The fraction of sp³-hybridized carbons (Fsp3) is 0.375. The van der Waals surface area contributed by atoms with Crippen LogP contribution in [0.5, 0.6) is 0 Å². The monoisotopic (exact) mass is 300 g/mol. The molecule has 1 aromatic carbocycles. The first-order chi connectivity index (χ1) is 10.3. The highest BCUT2D eigenvalue weighted by Crippen LogP contribution is 2.26. The number of para-hydroxylation sites is 1. The second-order valence-corrected chi connectivity index (χ2v) is 6.35. The zero-order valence-corrected chi connectivity index (χ0v) is 13.2. The molecule has 0 fully saturated rings. The molecular weight excluding hydrogens is 280 g/mol. The largest absolute Gasteiger partial charge is 0.309 e. The van der Waals surface area contributed by atoms with Gasteiger partial charge < -0.3 is 5.32 Å². The molecule has 0 saturated heterocycles. The van der Waals surface area contributed by atoms with E-state index in [0.29, 0.717) is 0 Å². The quantitative estimate of drug-likeness (QED) is 0.759. The van der Waals surface area contributed by atoms with Crippen molar-refractivity contribution < 1.29 is 0 Å². The predicted octanol–water partition coefficient (Wildman–Crippen LogP) is 3.31. The van der Waals surface area contributed by atoms with E-state index in [0.717, 1.165) is 24.9 Å². The number of aromatic nitrogens is 3. The third-order valence-corrected chi connectivity index (χ3v) is 4.54. The van der Waals surface area contributed by atoms with Gasteiger partial charge in [0, 0.05) is 31.3 Å². The van der Waals surface area contributed by atoms with Crippen LogP contribution in [0.1, 0.15) is 30.0 Å². The molecule has 0 spiro atoms. The Kier molecular flexibility index (Phi) is 4.31. The highest BCUT2D eigenvalue weighted by Gasteiger charge is 2.15. The van der Waals surface area contributed by atoms with E-state index in [2.05, 4.69) is 41.7 Å². The lowest BCUT2D eigenvalue weighted by molar-refractivity contribution is 0.528. The molecule has 1 atom stereocenters. The van der Waals surface area contributed by atoms with E-state index in [1.807, 2.05) is 24.0 Å². The first-order valence-corrected chi connectivity index (χ1v) is 8.14. The van der Waals surface area contributed by atoms with Crippen LogP contribution >= 0.6 is 11.3 Å². The van der Waals surface area contributed by atoms with Gasteiger partial charge in [-0.15, -0.1) is 11.3 Å². The number of hydrogen-bond acceptors (Lipinski definition) is 4. The number of aryl methyl sites for hydroxylation is 1. The Balaban J connectivity index is 1.83. The lowest BCUT2D eigenvalue weighted by atomic mass is 10.1. The summed E-state index contributed by atoms with van der Waals surface area (Å²) < 4.78 is 3.11. The zero-order chi connectivity index (χ0) is 14.7. The highest BCUT2D eigenvalue weighted by atomic mass is 32.1. The molecule has 2 heterocycles. The fourth-order valence-corrected chi connectivity index (χ4v) is 3.44. The summed E-state index contributed by atoms with van der Waals surface area (Å²) in [6.07, 6.45) is 6.06. The summed E-state index contributed by atoms with van der Waals surface area (Å²) >= 11 is 1.78. The van der Waals surface area contributed by atoms with Crippen molar-refractivity contribution in [2.45, 2.75) is 25.8 Å². The minimum atomic E-state index is 0.277. The van der Waals surface area contributed by atoms with Crippen LogP contribution in [0.4, 0.5) is 0 Å². The Hall–Kier alpha value is -1.72. The van der Waals surface area contributed by atoms with Crippen molar-refractivity contribution in [3.63, 3.8) is 0 Å². The molecule has 3 aromatic rings. The van der Waals surface area contributed by atoms with Crippen molar-refractivity contribution in [1.29, 1.82) is 0 Å². The number of nitrogens with one attached hydrogen (secondary N) is 1. The van der Waals surface area contributed by atoms with Gasteiger partial charge in [0.2, 0.25) is 0 Å². The summed E-state index contributed by atoms with van der Waals surface area (Å²) in [6, 6.07) is 8.60. The van der Waals surface area contributed by atoms with Gasteiger partial charge in [-0.3, -0.25) is 4.68 Å². The van der Waals surface area contributed by atoms with Crippen LogP contribution in [0.2, 0.25) is 0 Å². The number of fused-ring (bicyclic) bond motifs is 1. The van der Waals surface area contributed by atoms with Crippen LogP contribution in [0.15, 0.2) is 36.7 Å². The summed E-state index contributed by atoms with van der Waals surface area (Å²) in [7, 11) is 1.96. The second-order valence-electron chi connectivity index (χ2n) is 5.23. The van der Waals surface area contributed by atoms with E-state index in [9.17, 15) is 0 Å². The van der Waals surface area contributed by atoms with Crippen LogP contribution in [0, 0.1) is 0 Å². The average Bonchev–Trinajstić information content (AvgIpc) is 3.08. The maximum absolute atomic E-state index is 4.74. The van der Waals surface area contributed by atoms with Crippen molar-refractivity contribution in [3.8, 4) is 0 Å². The number of nitrogens with zero attached hydrogens (tertiary/aromatic N) is 3. The minimum Gasteiger partial charge on any atom is -0.309 e.